The molecule has 1 aromatic rings. The van der Waals surface area contributed by atoms with Crippen molar-refractivity contribution in [3.05, 3.63) is 35.1 Å². The van der Waals surface area contributed by atoms with Gasteiger partial charge in [-0.2, -0.15) is 0 Å². The summed E-state index contributed by atoms with van der Waals surface area (Å²) in [5.41, 5.74) is 11.2. The summed E-state index contributed by atoms with van der Waals surface area (Å²) in [4.78, 5) is 10.5. The number of hydrogen-bond donors (Lipinski definition) is 4. The average Bonchev–Trinajstić information content (AvgIpc) is 2.42. The second-order valence-corrected chi connectivity index (χ2v) is 4.39. The summed E-state index contributed by atoms with van der Waals surface area (Å²) in [6.45, 7) is 1.05. The normalized spacial score (nSPS) is 11.6. The Morgan fingerprint density at radius 2 is 2.10 bits per heavy atom. The number of amides is 1. The molecule has 0 aliphatic heterocycles. The number of nitrogens with one attached hydrogen (secondary N) is 1. The third-order valence-electron chi connectivity index (χ3n) is 2.80. The minimum Gasteiger partial charge on any atom is -0.409 e. The number of rotatable bonds is 8. The first-order chi connectivity index (χ1) is 9.54. The van der Waals surface area contributed by atoms with Crippen LogP contribution in [-0.4, -0.2) is 23.5 Å². The van der Waals surface area contributed by atoms with E-state index in [9.17, 15) is 9.18 Å². The summed E-state index contributed by atoms with van der Waals surface area (Å²) in [5, 5.41) is 14.4. The molecule has 6 nitrogen and oxygen atoms in total. The number of oxime groups is 1. The number of nitrogens with two attached hydrogens (primary N) is 2. The first kappa shape index (κ1) is 15.9. The van der Waals surface area contributed by atoms with Crippen molar-refractivity contribution in [2.75, 3.05) is 6.54 Å². The molecule has 0 bridgehead atoms. The maximum Gasteiger partial charge on any atom is 0.217 e. The molecule has 0 radical (unpaired) electrons. The van der Waals surface area contributed by atoms with Gasteiger partial charge >= 0.3 is 0 Å². The zero-order valence-corrected chi connectivity index (χ0v) is 11.1. The van der Waals surface area contributed by atoms with E-state index in [2.05, 4.69) is 10.5 Å². The lowest BCUT2D eigenvalue weighted by Crippen LogP contribution is -2.18. The third kappa shape index (κ3) is 5.23. The van der Waals surface area contributed by atoms with Gasteiger partial charge in [0, 0.05) is 24.1 Å². The maximum absolute atomic E-state index is 13.7. The van der Waals surface area contributed by atoms with Crippen LogP contribution in [0.1, 0.15) is 30.4 Å². The largest absolute Gasteiger partial charge is 0.409 e. The minimum atomic E-state index is -0.418. The van der Waals surface area contributed by atoms with Crippen LogP contribution in [-0.2, 0) is 11.3 Å². The lowest BCUT2D eigenvalue weighted by molar-refractivity contribution is -0.118. The monoisotopic (exact) mass is 282 g/mol. The molecule has 0 aliphatic carbocycles. The minimum absolute atomic E-state index is 0.130. The van der Waals surface area contributed by atoms with Crippen molar-refractivity contribution < 1.29 is 14.4 Å². The van der Waals surface area contributed by atoms with E-state index in [0.29, 0.717) is 37.1 Å². The Bertz CT molecular complexity index is 491. The van der Waals surface area contributed by atoms with Gasteiger partial charge in [0.2, 0.25) is 5.91 Å². The predicted molar refractivity (Wildman–Crippen MR) is 73.7 cm³/mol. The number of amidine groups is 1. The molecule has 6 N–H and O–H groups in total. The highest BCUT2D eigenvalue weighted by Crippen LogP contribution is 2.10. The molecule has 1 aromatic carbocycles. The Morgan fingerprint density at radius 1 is 1.35 bits per heavy atom. The molecule has 0 saturated carbocycles. The molecule has 0 heterocycles. The summed E-state index contributed by atoms with van der Waals surface area (Å²) in [7, 11) is 0. The number of halogens is 1. The van der Waals surface area contributed by atoms with Crippen LogP contribution in [0, 0.1) is 5.82 Å². The van der Waals surface area contributed by atoms with Crippen LogP contribution in [0.4, 0.5) is 4.39 Å². The average molecular weight is 282 g/mol. The zero-order chi connectivity index (χ0) is 15.0. The molecule has 0 saturated heterocycles. The molecule has 0 spiro atoms. The molecular weight excluding hydrogens is 263 g/mol. The van der Waals surface area contributed by atoms with Gasteiger partial charge in [-0.25, -0.2) is 4.39 Å². The quantitative estimate of drug-likeness (QED) is 0.184. The topological polar surface area (TPSA) is 114 Å². The van der Waals surface area contributed by atoms with E-state index < -0.39 is 5.82 Å². The van der Waals surface area contributed by atoms with Crippen molar-refractivity contribution in [3.63, 3.8) is 0 Å². The van der Waals surface area contributed by atoms with Crippen LogP contribution >= 0.6 is 0 Å². The zero-order valence-electron chi connectivity index (χ0n) is 11.1. The number of hydrogen-bond acceptors (Lipinski definition) is 4. The van der Waals surface area contributed by atoms with Gasteiger partial charge in [-0.15, -0.1) is 0 Å². The van der Waals surface area contributed by atoms with E-state index in [1.807, 2.05) is 0 Å². The highest BCUT2D eigenvalue weighted by atomic mass is 19.1. The van der Waals surface area contributed by atoms with Gasteiger partial charge in [-0.3, -0.25) is 4.79 Å². The van der Waals surface area contributed by atoms with Crippen molar-refractivity contribution in [3.8, 4) is 0 Å². The number of carbonyl (C=O) groups excluding carboxylic acids is 1. The van der Waals surface area contributed by atoms with Crippen LogP contribution in [0.15, 0.2) is 23.4 Å². The molecular formula is C13H19FN4O2. The van der Waals surface area contributed by atoms with Crippen molar-refractivity contribution in [2.45, 2.75) is 25.8 Å². The smallest absolute Gasteiger partial charge is 0.217 e. The highest BCUT2D eigenvalue weighted by molar-refractivity contribution is 5.97. The van der Waals surface area contributed by atoms with Crippen LogP contribution in [0.2, 0.25) is 0 Å². The predicted octanol–water partition coefficient (Wildman–Crippen LogP) is 0.665. The number of unbranched alkanes of at least 4 members (excludes halogenated alkanes) is 1. The Balaban J connectivity index is 2.39. The molecule has 1 rings (SSSR count). The third-order valence-corrected chi connectivity index (χ3v) is 2.80. The molecule has 0 fully saturated rings. The van der Waals surface area contributed by atoms with Crippen LogP contribution < -0.4 is 16.8 Å². The van der Waals surface area contributed by atoms with Crippen molar-refractivity contribution >= 4 is 11.7 Å². The highest BCUT2D eigenvalue weighted by Gasteiger charge is 2.06. The summed E-state index contributed by atoms with van der Waals surface area (Å²) in [6, 6.07) is 4.39. The molecule has 7 heteroatoms. The Hall–Kier alpha value is -2.15. The van der Waals surface area contributed by atoms with Crippen LogP contribution in [0.25, 0.3) is 0 Å². The lowest BCUT2D eigenvalue weighted by atomic mass is 10.1. The van der Waals surface area contributed by atoms with E-state index in [4.69, 9.17) is 16.7 Å². The fourth-order valence-corrected chi connectivity index (χ4v) is 1.68. The SMILES string of the molecule is NC(=O)CCCCNCc1ccc(/C(N)=N/O)cc1F. The van der Waals surface area contributed by atoms with Gasteiger partial charge in [-0.1, -0.05) is 17.3 Å². The fourth-order valence-electron chi connectivity index (χ4n) is 1.68. The molecule has 1 amide bonds. The first-order valence-electron chi connectivity index (χ1n) is 6.30. The van der Waals surface area contributed by atoms with Crippen molar-refractivity contribution in [1.29, 1.82) is 0 Å². The standard InChI is InChI=1S/C13H19FN4O2/c14-11-7-9(13(16)18-20)4-5-10(11)8-17-6-2-1-3-12(15)19/h4-5,7,17,20H,1-3,6,8H2,(H2,15,19)(H2,16,18). The van der Waals surface area contributed by atoms with Gasteiger partial charge in [0.1, 0.15) is 5.82 Å². The van der Waals surface area contributed by atoms with Gasteiger partial charge in [-0.05, 0) is 25.5 Å². The first-order valence-corrected chi connectivity index (χ1v) is 6.30. The molecule has 110 valence electrons. The van der Waals surface area contributed by atoms with E-state index in [1.54, 1.807) is 12.1 Å². The van der Waals surface area contributed by atoms with E-state index in [0.717, 1.165) is 6.42 Å². The summed E-state index contributed by atoms with van der Waals surface area (Å²) >= 11 is 0. The summed E-state index contributed by atoms with van der Waals surface area (Å²) in [5.74, 6) is -0.858. The fraction of sp³-hybridized carbons (Fsp3) is 0.385. The molecule has 0 unspecified atom stereocenters. The number of primary amides is 1. The maximum atomic E-state index is 13.7. The van der Waals surface area contributed by atoms with Gasteiger partial charge in [0.15, 0.2) is 5.84 Å². The van der Waals surface area contributed by atoms with Gasteiger partial charge < -0.3 is 22.0 Å². The summed E-state index contributed by atoms with van der Waals surface area (Å²) in [6.07, 6.45) is 1.88. The Morgan fingerprint density at radius 3 is 2.70 bits per heavy atom. The van der Waals surface area contributed by atoms with E-state index in [1.165, 1.54) is 6.07 Å². The Kier molecular flexibility index (Phi) is 6.45. The van der Waals surface area contributed by atoms with E-state index >= 15 is 0 Å². The van der Waals surface area contributed by atoms with Gasteiger partial charge in [0.25, 0.3) is 0 Å². The van der Waals surface area contributed by atoms with Crippen LogP contribution in [0.5, 0.6) is 0 Å². The van der Waals surface area contributed by atoms with Crippen LogP contribution in [0.3, 0.4) is 0 Å². The number of carbonyl (C=O) groups is 1. The van der Waals surface area contributed by atoms with Crippen molar-refractivity contribution in [1.82, 2.24) is 5.32 Å². The van der Waals surface area contributed by atoms with E-state index in [-0.39, 0.29) is 11.7 Å². The molecule has 20 heavy (non-hydrogen) atoms. The molecule has 0 aromatic heterocycles. The lowest BCUT2D eigenvalue weighted by Gasteiger charge is -2.07. The second-order valence-electron chi connectivity index (χ2n) is 4.39. The van der Waals surface area contributed by atoms with Crippen molar-refractivity contribution in [2.24, 2.45) is 16.6 Å². The number of benzene rings is 1. The molecule has 0 aliphatic rings. The summed E-state index contributed by atoms with van der Waals surface area (Å²) < 4.78 is 13.7. The van der Waals surface area contributed by atoms with Gasteiger partial charge in [0.05, 0.1) is 0 Å². The second kappa shape index (κ2) is 8.11. The molecule has 0 atom stereocenters. The number of nitrogens with zero attached hydrogens (tertiary/aromatic N) is 1. The Labute approximate surface area is 116 Å².